The number of rotatable bonds is 6. The summed E-state index contributed by atoms with van der Waals surface area (Å²) in [6, 6.07) is 70.7. The molecule has 0 radical (unpaired) electrons. The topological polar surface area (TPSA) is 3.24 Å². The maximum Gasteiger partial charge on any atom is 0.0468 e. The molecule has 9 aromatic rings. The van der Waals surface area contributed by atoms with Crippen LogP contribution in [0.3, 0.4) is 0 Å². The van der Waals surface area contributed by atoms with Crippen LogP contribution in [0.1, 0.15) is 43.2 Å². The van der Waals surface area contributed by atoms with E-state index in [1.165, 1.54) is 96.8 Å². The molecule has 4 bridgehead atoms. The summed E-state index contributed by atoms with van der Waals surface area (Å²) < 4.78 is 2.65. The van der Waals surface area contributed by atoms with Crippen molar-refractivity contribution in [3.63, 3.8) is 0 Å². The summed E-state index contributed by atoms with van der Waals surface area (Å²) in [6.07, 6.45) is 7.16. The third kappa shape index (κ3) is 5.23. The molecule has 1 nitrogen and oxygen atoms in total. The van der Waals surface area contributed by atoms with E-state index in [2.05, 4.69) is 193 Å². The second-order valence-corrected chi connectivity index (χ2v) is 19.2. The average Bonchev–Trinajstić information content (AvgIpc) is 3.82. The summed E-state index contributed by atoms with van der Waals surface area (Å²) in [5.74, 6) is 3.48. The molecule has 0 aliphatic heterocycles. The number of hydrogen-bond donors (Lipinski definition) is 0. The highest BCUT2D eigenvalue weighted by atomic mass is 32.1. The first-order chi connectivity index (χ1) is 29.7. The van der Waals surface area contributed by atoms with Crippen LogP contribution in [0.5, 0.6) is 0 Å². The van der Waals surface area contributed by atoms with Crippen molar-refractivity contribution >= 4 is 48.6 Å². The van der Waals surface area contributed by atoms with Gasteiger partial charge >= 0.3 is 0 Å². The van der Waals surface area contributed by atoms with Gasteiger partial charge in [0, 0.05) is 42.6 Å². The largest absolute Gasteiger partial charge is 0.310 e. The first-order valence-electron chi connectivity index (χ1n) is 22.0. The third-order valence-corrected chi connectivity index (χ3v) is 16.2. The minimum atomic E-state index is 0.206. The zero-order chi connectivity index (χ0) is 39.4. The van der Waals surface area contributed by atoms with Crippen molar-refractivity contribution in [2.75, 3.05) is 4.90 Å². The second kappa shape index (κ2) is 13.4. The van der Waals surface area contributed by atoms with E-state index in [-0.39, 0.29) is 5.41 Å². The Morgan fingerprint density at radius 3 is 1.47 bits per heavy atom. The molecule has 1 heterocycles. The Balaban J connectivity index is 0.911. The zero-order valence-corrected chi connectivity index (χ0v) is 34.4. The van der Waals surface area contributed by atoms with Crippen molar-refractivity contribution < 1.29 is 0 Å². The van der Waals surface area contributed by atoms with Gasteiger partial charge in [0.1, 0.15) is 0 Å². The number of nitrogens with zero attached hydrogens (tertiary/aromatic N) is 1. The van der Waals surface area contributed by atoms with E-state index in [1.54, 1.807) is 11.1 Å². The van der Waals surface area contributed by atoms with Crippen LogP contribution >= 0.6 is 11.3 Å². The van der Waals surface area contributed by atoms with Crippen LogP contribution in [0.2, 0.25) is 0 Å². The van der Waals surface area contributed by atoms with Gasteiger partial charge in [-0.3, -0.25) is 0 Å². The fourth-order valence-electron chi connectivity index (χ4n) is 12.7. The molecule has 4 fully saturated rings. The Kier molecular flexibility index (Phi) is 7.73. The molecular formula is C58H45NS. The molecule has 288 valence electrons. The van der Waals surface area contributed by atoms with E-state index in [0.29, 0.717) is 0 Å². The van der Waals surface area contributed by atoms with Crippen molar-refractivity contribution in [3.05, 3.63) is 199 Å². The summed E-state index contributed by atoms with van der Waals surface area (Å²) in [6.45, 7) is 0. The molecule has 14 rings (SSSR count). The van der Waals surface area contributed by atoms with Gasteiger partial charge in [-0.2, -0.15) is 0 Å². The Morgan fingerprint density at radius 1 is 0.367 bits per heavy atom. The molecule has 0 atom stereocenters. The van der Waals surface area contributed by atoms with E-state index >= 15 is 0 Å². The van der Waals surface area contributed by atoms with E-state index in [4.69, 9.17) is 0 Å². The van der Waals surface area contributed by atoms with Gasteiger partial charge in [0.2, 0.25) is 0 Å². The number of hydrogen-bond acceptors (Lipinski definition) is 2. The van der Waals surface area contributed by atoms with Crippen LogP contribution in [0.25, 0.3) is 64.7 Å². The predicted molar refractivity (Wildman–Crippen MR) is 254 cm³/mol. The molecule has 4 saturated carbocycles. The first-order valence-corrected chi connectivity index (χ1v) is 22.8. The molecule has 2 heteroatoms. The summed E-state index contributed by atoms with van der Waals surface area (Å²) in [5.41, 5.74) is 17.4. The van der Waals surface area contributed by atoms with Gasteiger partial charge in [0.15, 0.2) is 0 Å². The summed E-state index contributed by atoms with van der Waals surface area (Å²) in [5, 5.41) is 2.63. The fraction of sp³-hybridized carbons (Fsp3) is 0.172. The van der Waals surface area contributed by atoms with Crippen molar-refractivity contribution in [2.24, 2.45) is 23.7 Å². The van der Waals surface area contributed by atoms with Crippen molar-refractivity contribution in [3.8, 4) is 44.5 Å². The Morgan fingerprint density at radius 2 is 0.833 bits per heavy atom. The summed E-state index contributed by atoms with van der Waals surface area (Å²) in [4.78, 5) is 2.41. The molecule has 1 spiro atoms. The Hall–Kier alpha value is -6.22. The lowest BCUT2D eigenvalue weighted by molar-refractivity contribution is -0.0399. The highest BCUT2D eigenvalue weighted by Crippen LogP contribution is 2.69. The Labute approximate surface area is 356 Å². The minimum Gasteiger partial charge on any atom is -0.310 e. The maximum absolute atomic E-state index is 2.56. The molecule has 8 aromatic carbocycles. The lowest BCUT2D eigenvalue weighted by Crippen LogP contribution is -2.55. The highest BCUT2D eigenvalue weighted by Gasteiger charge is 2.61. The average molecular weight is 788 g/mol. The van der Waals surface area contributed by atoms with Crippen molar-refractivity contribution in [2.45, 2.75) is 37.5 Å². The van der Waals surface area contributed by atoms with E-state index in [9.17, 15) is 0 Å². The second-order valence-electron chi connectivity index (χ2n) is 18.1. The minimum absolute atomic E-state index is 0.206. The van der Waals surface area contributed by atoms with Gasteiger partial charge in [-0.15, -0.1) is 11.3 Å². The molecule has 0 amide bonds. The van der Waals surface area contributed by atoms with Crippen LogP contribution in [-0.2, 0) is 5.41 Å². The molecule has 1 aromatic heterocycles. The zero-order valence-electron chi connectivity index (χ0n) is 33.6. The molecular weight excluding hydrogens is 743 g/mol. The number of benzene rings is 8. The maximum atomic E-state index is 2.56. The molecule has 5 aliphatic rings. The van der Waals surface area contributed by atoms with Crippen LogP contribution in [0.15, 0.2) is 188 Å². The lowest BCUT2D eigenvalue weighted by atomic mass is 9.43. The molecule has 0 N–H and O–H groups in total. The fourth-order valence-corrected chi connectivity index (χ4v) is 13.8. The van der Waals surface area contributed by atoms with Crippen LogP contribution in [0, 0.1) is 23.7 Å². The van der Waals surface area contributed by atoms with Gasteiger partial charge in [0.05, 0.1) is 0 Å². The molecule has 0 saturated heterocycles. The van der Waals surface area contributed by atoms with Gasteiger partial charge in [0.25, 0.3) is 0 Å². The monoisotopic (exact) mass is 787 g/mol. The van der Waals surface area contributed by atoms with Crippen molar-refractivity contribution in [1.82, 2.24) is 0 Å². The summed E-state index contributed by atoms with van der Waals surface area (Å²) in [7, 11) is 0. The van der Waals surface area contributed by atoms with E-state index in [1.807, 2.05) is 11.3 Å². The van der Waals surface area contributed by atoms with Crippen LogP contribution in [0.4, 0.5) is 17.1 Å². The predicted octanol–water partition coefficient (Wildman–Crippen LogP) is 16.2. The van der Waals surface area contributed by atoms with Gasteiger partial charge in [-0.05, 0) is 172 Å². The third-order valence-electron chi connectivity index (χ3n) is 15.1. The Bertz CT molecular complexity index is 2970. The SMILES string of the molecule is c1ccc(-c2ccc(N(c3ccc(-c4ccccc4)cc3)c3ccc4sc5ccc(-c6ccc7c(c6)-c6ccccc6C76C7CC8CC(C7)CC6C8)cc5c4c3)cc2)cc1. The van der Waals surface area contributed by atoms with Crippen molar-refractivity contribution in [1.29, 1.82) is 0 Å². The highest BCUT2D eigenvalue weighted by molar-refractivity contribution is 7.25. The number of thiophene rings is 1. The quantitative estimate of drug-likeness (QED) is 0.162. The first kappa shape index (κ1) is 34.6. The number of fused-ring (bicyclic) bond motifs is 6. The van der Waals surface area contributed by atoms with E-state index < -0.39 is 0 Å². The van der Waals surface area contributed by atoms with Gasteiger partial charge in [-0.25, -0.2) is 0 Å². The van der Waals surface area contributed by atoms with Crippen LogP contribution in [-0.4, -0.2) is 0 Å². The smallest absolute Gasteiger partial charge is 0.0468 e. The van der Waals surface area contributed by atoms with Gasteiger partial charge < -0.3 is 4.90 Å². The standard InChI is InChI=1S/C58H45NS/c1-3-9-39(10-4-1)41-15-21-47(22-16-41)59(48-23-17-42(18-24-48)40-11-5-2-6-12-40)49-25-28-57-53(36-49)52-35-44(20-27-56(52)60-57)43-19-26-55-51(34-43)50-13-7-8-14-54(50)58(55)45-30-37-29-38(32-45)33-46(58)31-37/h1-28,34-38,45-46H,29-33H2. The molecule has 60 heavy (non-hydrogen) atoms. The van der Waals surface area contributed by atoms with Crippen LogP contribution < -0.4 is 4.90 Å². The van der Waals surface area contributed by atoms with Gasteiger partial charge in [-0.1, -0.05) is 127 Å². The number of anilines is 3. The molecule has 5 aliphatic carbocycles. The van der Waals surface area contributed by atoms with E-state index in [0.717, 1.165) is 40.7 Å². The lowest BCUT2D eigenvalue weighted by Gasteiger charge is -2.61. The molecule has 0 unspecified atom stereocenters. The normalized spacial score (nSPS) is 22.1. The summed E-state index contributed by atoms with van der Waals surface area (Å²) >= 11 is 1.90.